The second-order valence-electron chi connectivity index (χ2n) is 6.71. The Morgan fingerprint density at radius 1 is 1.28 bits per heavy atom. The van der Waals surface area contributed by atoms with Gasteiger partial charge in [0.1, 0.15) is 6.10 Å². The lowest BCUT2D eigenvalue weighted by atomic mass is 9.53. The first-order valence-electron chi connectivity index (χ1n) is 8.10. The zero-order valence-corrected chi connectivity index (χ0v) is 15.1. The van der Waals surface area contributed by atoms with E-state index in [4.69, 9.17) is 14.9 Å². The van der Waals surface area contributed by atoms with Crippen LogP contribution in [0.1, 0.15) is 43.2 Å². The Morgan fingerprint density at radius 3 is 2.44 bits per heavy atom. The molecule has 128 valence electrons. The van der Waals surface area contributed by atoms with Crippen molar-refractivity contribution < 1.29 is 9.47 Å². The molecule has 1 aromatic rings. The molecular formula is C18H18N4O2S. The minimum absolute atomic E-state index is 0.337. The fourth-order valence-corrected chi connectivity index (χ4v) is 5.22. The van der Waals surface area contributed by atoms with Crippen LogP contribution < -0.4 is 0 Å². The lowest BCUT2D eigenvalue weighted by Crippen LogP contribution is -2.58. The third-order valence-electron chi connectivity index (χ3n) is 5.43. The molecule has 7 heteroatoms. The number of nitrogens with one attached hydrogen (secondary N) is 1. The van der Waals surface area contributed by atoms with Gasteiger partial charge in [-0.15, -0.1) is 11.3 Å². The van der Waals surface area contributed by atoms with Crippen molar-refractivity contribution in [2.24, 2.45) is 16.7 Å². The highest BCUT2D eigenvalue weighted by molar-refractivity contribution is 7.10. The lowest BCUT2D eigenvalue weighted by molar-refractivity contribution is -0.273. The first-order valence-corrected chi connectivity index (χ1v) is 8.98. The summed E-state index contributed by atoms with van der Waals surface area (Å²) in [5.74, 6) is -2.10. The average molecular weight is 354 g/mol. The zero-order chi connectivity index (χ0) is 18.5. The SMILES string of the molecule is CCCC1C2(C)OC(=N)C1(C#N)C(C#N)(C#N)C(c1sccc1C)O2. The molecule has 2 aliphatic heterocycles. The van der Waals surface area contributed by atoms with Gasteiger partial charge < -0.3 is 9.47 Å². The molecule has 0 saturated carbocycles. The zero-order valence-electron chi connectivity index (χ0n) is 14.3. The van der Waals surface area contributed by atoms with Crippen LogP contribution in [-0.2, 0) is 9.47 Å². The van der Waals surface area contributed by atoms with E-state index in [1.54, 1.807) is 6.92 Å². The molecule has 0 radical (unpaired) electrons. The summed E-state index contributed by atoms with van der Waals surface area (Å²) in [6, 6.07) is 8.17. The summed E-state index contributed by atoms with van der Waals surface area (Å²) in [5.41, 5.74) is -2.60. The Kier molecular flexibility index (Phi) is 3.88. The Hall–Kier alpha value is -2.40. The van der Waals surface area contributed by atoms with Gasteiger partial charge >= 0.3 is 0 Å². The number of ether oxygens (including phenoxy) is 2. The number of hydrogen-bond donors (Lipinski definition) is 1. The van der Waals surface area contributed by atoms with Crippen LogP contribution in [0.25, 0.3) is 0 Å². The third kappa shape index (κ3) is 1.87. The summed E-state index contributed by atoms with van der Waals surface area (Å²) in [7, 11) is 0. The van der Waals surface area contributed by atoms with Crippen LogP contribution in [0.5, 0.6) is 0 Å². The highest BCUT2D eigenvalue weighted by Gasteiger charge is 2.79. The van der Waals surface area contributed by atoms with Crippen molar-refractivity contribution in [3.63, 3.8) is 0 Å². The van der Waals surface area contributed by atoms with E-state index in [-0.39, 0.29) is 5.90 Å². The van der Waals surface area contributed by atoms with Gasteiger partial charge in [-0.1, -0.05) is 13.3 Å². The van der Waals surface area contributed by atoms with Gasteiger partial charge in [0.25, 0.3) is 0 Å². The number of rotatable bonds is 3. The second kappa shape index (κ2) is 5.56. The molecule has 2 fully saturated rings. The molecule has 6 nitrogen and oxygen atoms in total. The molecular weight excluding hydrogens is 336 g/mol. The van der Waals surface area contributed by atoms with E-state index in [0.29, 0.717) is 6.42 Å². The number of thiophene rings is 1. The molecule has 0 aliphatic carbocycles. The van der Waals surface area contributed by atoms with Crippen LogP contribution in [0, 0.1) is 63.1 Å². The predicted molar refractivity (Wildman–Crippen MR) is 90.2 cm³/mol. The van der Waals surface area contributed by atoms with Gasteiger partial charge in [-0.05, 0) is 30.4 Å². The van der Waals surface area contributed by atoms with E-state index in [0.717, 1.165) is 16.9 Å². The lowest BCUT2D eigenvalue weighted by Gasteiger charge is -2.48. The molecule has 25 heavy (non-hydrogen) atoms. The van der Waals surface area contributed by atoms with Gasteiger partial charge in [-0.2, -0.15) is 15.8 Å². The van der Waals surface area contributed by atoms with E-state index < -0.39 is 28.6 Å². The van der Waals surface area contributed by atoms with Crippen molar-refractivity contribution in [3.8, 4) is 18.2 Å². The van der Waals surface area contributed by atoms with Crippen molar-refractivity contribution in [3.05, 3.63) is 21.9 Å². The first kappa shape index (κ1) is 17.4. The molecule has 2 bridgehead atoms. The molecule has 4 atom stereocenters. The normalized spacial score (nSPS) is 35.3. The van der Waals surface area contributed by atoms with Gasteiger partial charge in [0, 0.05) is 11.8 Å². The van der Waals surface area contributed by atoms with E-state index in [2.05, 4.69) is 18.2 Å². The smallest absolute Gasteiger partial charge is 0.214 e. The average Bonchev–Trinajstić information content (AvgIpc) is 3.07. The van der Waals surface area contributed by atoms with Gasteiger partial charge in [0.05, 0.1) is 24.1 Å². The number of fused-ring (bicyclic) bond motifs is 2. The molecule has 2 saturated heterocycles. The molecule has 3 rings (SSSR count). The Bertz CT molecular complexity index is 844. The molecule has 3 heterocycles. The molecule has 1 aromatic heterocycles. The van der Waals surface area contributed by atoms with Gasteiger partial charge in [0.2, 0.25) is 17.1 Å². The molecule has 4 unspecified atom stereocenters. The van der Waals surface area contributed by atoms with Gasteiger partial charge in [-0.3, -0.25) is 5.41 Å². The molecule has 0 aromatic carbocycles. The van der Waals surface area contributed by atoms with Crippen molar-refractivity contribution in [2.45, 2.75) is 45.5 Å². The maximum Gasteiger partial charge on any atom is 0.214 e. The van der Waals surface area contributed by atoms with E-state index >= 15 is 0 Å². The van der Waals surface area contributed by atoms with Crippen molar-refractivity contribution in [1.29, 1.82) is 21.2 Å². The van der Waals surface area contributed by atoms with Crippen molar-refractivity contribution in [1.82, 2.24) is 0 Å². The minimum atomic E-state index is -1.84. The van der Waals surface area contributed by atoms with Crippen LogP contribution >= 0.6 is 11.3 Å². The number of hydrogen-bond acceptors (Lipinski definition) is 7. The highest BCUT2D eigenvalue weighted by Crippen LogP contribution is 2.67. The highest BCUT2D eigenvalue weighted by atomic mass is 32.1. The molecule has 1 N–H and O–H groups in total. The fraction of sp³-hybridized carbons (Fsp3) is 0.556. The Morgan fingerprint density at radius 2 is 1.96 bits per heavy atom. The number of nitriles is 3. The van der Waals surface area contributed by atoms with Gasteiger partial charge in [-0.25, -0.2) is 0 Å². The van der Waals surface area contributed by atoms with Crippen LogP contribution in [0.2, 0.25) is 0 Å². The van der Waals surface area contributed by atoms with Crippen molar-refractivity contribution >= 4 is 17.2 Å². The topological polar surface area (TPSA) is 114 Å². The van der Waals surface area contributed by atoms with Crippen LogP contribution in [0.3, 0.4) is 0 Å². The second-order valence-corrected chi connectivity index (χ2v) is 7.65. The van der Waals surface area contributed by atoms with E-state index in [9.17, 15) is 15.8 Å². The quantitative estimate of drug-likeness (QED) is 0.886. The number of aryl methyl sites for hydroxylation is 1. The summed E-state index contributed by atoms with van der Waals surface area (Å²) in [4.78, 5) is 0.724. The summed E-state index contributed by atoms with van der Waals surface area (Å²) >= 11 is 1.38. The molecule has 2 aliphatic rings. The largest absolute Gasteiger partial charge is 0.448 e. The standard InChI is InChI=1S/C18H18N4O2S/c1-4-5-12-16(3)23-14(13-11(2)6-7-25-13)17(8-19,9-20)18(12,10-21)15(22)24-16/h6-7,12,14,22H,4-5H2,1-3H3. The summed E-state index contributed by atoms with van der Waals surface area (Å²) in [5, 5.41) is 40.4. The fourth-order valence-electron chi connectivity index (χ4n) is 4.20. The monoisotopic (exact) mass is 354 g/mol. The Labute approximate surface area is 150 Å². The third-order valence-corrected chi connectivity index (χ3v) is 6.49. The van der Waals surface area contributed by atoms with E-state index in [1.807, 2.05) is 25.3 Å². The van der Waals surface area contributed by atoms with Gasteiger partial charge in [0.15, 0.2) is 5.41 Å². The maximum atomic E-state index is 10.1. The summed E-state index contributed by atoms with van der Waals surface area (Å²) < 4.78 is 11.9. The maximum absolute atomic E-state index is 10.1. The molecule has 0 spiro atoms. The number of nitrogens with zero attached hydrogens (tertiary/aromatic N) is 3. The van der Waals surface area contributed by atoms with Crippen LogP contribution in [-0.4, -0.2) is 11.7 Å². The summed E-state index contributed by atoms with van der Waals surface area (Å²) in [6.07, 6.45) is 0.301. The van der Waals surface area contributed by atoms with Crippen LogP contribution in [0.4, 0.5) is 0 Å². The minimum Gasteiger partial charge on any atom is -0.448 e. The Balaban J connectivity index is 2.34. The van der Waals surface area contributed by atoms with Crippen molar-refractivity contribution in [2.75, 3.05) is 0 Å². The molecule has 0 amide bonds. The summed E-state index contributed by atoms with van der Waals surface area (Å²) in [6.45, 7) is 5.53. The van der Waals surface area contributed by atoms with Crippen LogP contribution in [0.15, 0.2) is 11.4 Å². The first-order chi connectivity index (χ1) is 11.9. The predicted octanol–water partition coefficient (Wildman–Crippen LogP) is 3.81. The van der Waals surface area contributed by atoms with E-state index in [1.165, 1.54) is 11.3 Å².